The van der Waals surface area contributed by atoms with E-state index in [2.05, 4.69) is 31.9 Å². The molecule has 4 fully saturated rings. The van der Waals surface area contributed by atoms with Gasteiger partial charge in [0.05, 0.1) is 0 Å². The van der Waals surface area contributed by atoms with Crippen LogP contribution in [0, 0.1) is 34.1 Å². The summed E-state index contributed by atoms with van der Waals surface area (Å²) in [5, 5.41) is 69.3. The lowest BCUT2D eigenvalue weighted by molar-refractivity contribution is -0.161. The summed E-state index contributed by atoms with van der Waals surface area (Å²) < 4.78 is 6.43. The van der Waals surface area contributed by atoms with Gasteiger partial charge in [-0.1, -0.05) is 112 Å². The van der Waals surface area contributed by atoms with Crippen molar-refractivity contribution in [2.75, 3.05) is 6.54 Å². The quantitative estimate of drug-likeness (QED) is 0.0406. The molecular weight excluding hydrogens is 1050 g/mol. The molecule has 3 heterocycles. The SMILES string of the molecule is CC=CC1CC2C(=O)OC(C)C(NC(=O)C(CC3CC3N([O-])O)NC(=O)c3ccc(Cl)n3O)C(=O)NC(Cc3ccccc3)C(=O)NC(CC3CC3N([O-])O)C(=O)NC(C(C)c3ccccc3)C(=O)NC(C(C)CC)C(=O)N2C1. The number of halogens is 1. The lowest BCUT2D eigenvalue weighted by Gasteiger charge is -2.34. The predicted molar refractivity (Wildman–Crippen MR) is 283 cm³/mol. The molecule has 428 valence electrons. The van der Waals surface area contributed by atoms with Crippen LogP contribution in [0.3, 0.4) is 0 Å². The number of allylic oxidation sites excluding steroid dienone is 1. The minimum Gasteiger partial charge on any atom is -0.762 e. The van der Waals surface area contributed by atoms with Gasteiger partial charge >= 0.3 is 5.97 Å². The average molecular weight is 1120 g/mol. The zero-order valence-corrected chi connectivity index (χ0v) is 45.2. The molecule has 2 saturated heterocycles. The van der Waals surface area contributed by atoms with Gasteiger partial charge in [-0.05, 0) is 92.9 Å². The molecule has 15 unspecified atom stereocenters. The molecular formula is C54H69ClN10O14-2. The third kappa shape index (κ3) is 14.9. The molecule has 2 saturated carbocycles. The number of nitrogens with one attached hydrogen (secondary N) is 6. The fourth-order valence-corrected chi connectivity index (χ4v) is 10.6. The maximum atomic E-state index is 15.1. The van der Waals surface area contributed by atoms with E-state index < -0.39 is 137 Å². The number of cyclic esters (lactones) is 1. The van der Waals surface area contributed by atoms with Gasteiger partial charge in [-0.3, -0.25) is 44.0 Å². The second-order valence-corrected chi connectivity index (χ2v) is 21.5. The Morgan fingerprint density at radius 2 is 1.43 bits per heavy atom. The van der Waals surface area contributed by atoms with E-state index in [1.807, 2.05) is 13.0 Å². The van der Waals surface area contributed by atoms with E-state index in [9.17, 15) is 54.8 Å². The summed E-state index contributed by atoms with van der Waals surface area (Å²) in [6.07, 6.45) is 1.92. The predicted octanol–water partition coefficient (Wildman–Crippen LogP) is 2.67. The summed E-state index contributed by atoms with van der Waals surface area (Å²) >= 11 is 5.98. The molecule has 0 radical (unpaired) electrons. The number of fused-ring (bicyclic) bond motifs is 1. The van der Waals surface area contributed by atoms with Gasteiger partial charge in [0, 0.05) is 31.0 Å². The first-order valence-corrected chi connectivity index (χ1v) is 26.9. The Hall–Kier alpha value is -6.93. The van der Waals surface area contributed by atoms with Crippen LogP contribution in [-0.2, 0) is 44.7 Å². The molecule has 79 heavy (non-hydrogen) atoms. The summed E-state index contributed by atoms with van der Waals surface area (Å²) in [4.78, 5) is 119. The number of hydrogen-bond acceptors (Lipinski definition) is 16. The Kier molecular flexibility index (Phi) is 19.9. The number of amides is 7. The molecule has 1 aromatic heterocycles. The number of hydroxylamine groups is 4. The first-order valence-electron chi connectivity index (χ1n) is 26.5. The Morgan fingerprint density at radius 3 is 2.03 bits per heavy atom. The summed E-state index contributed by atoms with van der Waals surface area (Å²) in [6, 6.07) is 7.19. The van der Waals surface area contributed by atoms with Crippen LogP contribution >= 0.6 is 11.6 Å². The lowest BCUT2D eigenvalue weighted by atomic mass is 9.91. The molecule has 9 N–H and O–H groups in total. The van der Waals surface area contributed by atoms with E-state index in [0.29, 0.717) is 22.3 Å². The highest BCUT2D eigenvalue weighted by molar-refractivity contribution is 6.30. The van der Waals surface area contributed by atoms with Crippen LogP contribution < -0.4 is 31.9 Å². The summed E-state index contributed by atoms with van der Waals surface area (Å²) in [5.41, 5.74) is 0.758. The van der Waals surface area contributed by atoms with E-state index in [1.165, 1.54) is 24.0 Å². The van der Waals surface area contributed by atoms with Crippen LogP contribution in [0.25, 0.3) is 0 Å². The standard InChI is InChI=1S/C54H69ClN10O14/c1-6-14-32-22-42-54(73)79-30(5)46(61-49(68)38(24-35-26-41(35)65(77)78)57-50(69)39-19-20-43(55)63(39)74)52(71)58-36(21-31-15-10-8-11-16-31)47(66)56-37(23-34-25-40(34)64(75)76)48(67)60-45(29(4)33-17-12-9-13-18-33)51(70)59-44(28(3)7-2)53(72)62(42)27-32/h6,8-20,28-30,32,34-38,40-42,44-46,74-75,77H,7,21-27H2,1-5H3,(H,56,66)(H,57,69)(H,58,71)(H,59,70)(H,60,67)(H,61,68)/q-2. The molecule has 24 nitrogen and oxygen atoms in total. The van der Waals surface area contributed by atoms with Crippen molar-refractivity contribution in [3.63, 3.8) is 0 Å². The van der Waals surface area contributed by atoms with E-state index in [4.69, 9.17) is 16.3 Å². The Labute approximate surface area is 461 Å². The largest absolute Gasteiger partial charge is 0.762 e. The fraction of sp³-hybridized carbons (Fsp3) is 0.519. The molecule has 7 rings (SSSR count). The van der Waals surface area contributed by atoms with Gasteiger partial charge in [-0.15, -0.1) is 0 Å². The Morgan fingerprint density at radius 1 is 0.823 bits per heavy atom. The molecule has 0 bridgehead atoms. The van der Waals surface area contributed by atoms with Crippen LogP contribution in [0.4, 0.5) is 0 Å². The highest BCUT2D eigenvalue weighted by Crippen LogP contribution is 2.39. The maximum absolute atomic E-state index is 15.1. The third-order valence-electron chi connectivity index (χ3n) is 15.5. The van der Waals surface area contributed by atoms with Crippen LogP contribution in [-0.4, -0.2) is 150 Å². The molecule has 2 aliphatic heterocycles. The monoisotopic (exact) mass is 1120 g/mol. The van der Waals surface area contributed by atoms with Crippen molar-refractivity contribution in [1.29, 1.82) is 0 Å². The van der Waals surface area contributed by atoms with Crippen LogP contribution in [0.15, 0.2) is 84.9 Å². The van der Waals surface area contributed by atoms with Crippen molar-refractivity contribution in [2.45, 2.75) is 146 Å². The molecule has 4 aliphatic rings. The highest BCUT2D eigenvalue weighted by Gasteiger charge is 2.48. The molecule has 3 aromatic rings. The molecule has 15 atom stereocenters. The number of carbonyl (C=O) groups is 8. The Bertz CT molecular complexity index is 2710. The summed E-state index contributed by atoms with van der Waals surface area (Å²) in [7, 11) is 0. The number of aromatic nitrogens is 1. The topological polar surface area (TPSA) is 339 Å². The summed E-state index contributed by atoms with van der Waals surface area (Å²) in [6.45, 7) is 8.33. The average Bonchev–Trinajstić information content (AvgIpc) is 4.39. The van der Waals surface area contributed by atoms with Gasteiger partial charge in [0.1, 0.15) is 59.2 Å². The number of hydrogen-bond donors (Lipinski definition) is 9. The summed E-state index contributed by atoms with van der Waals surface area (Å²) in [5.74, 6) is -10.3. The number of nitrogens with zero attached hydrogens (tertiary/aromatic N) is 4. The zero-order chi connectivity index (χ0) is 57.4. The molecule has 25 heteroatoms. The molecule has 0 spiro atoms. The highest BCUT2D eigenvalue weighted by atomic mass is 35.5. The van der Waals surface area contributed by atoms with Crippen molar-refractivity contribution in [2.24, 2.45) is 23.7 Å². The smallest absolute Gasteiger partial charge is 0.329 e. The van der Waals surface area contributed by atoms with Gasteiger partial charge < -0.3 is 67.6 Å². The van der Waals surface area contributed by atoms with Crippen molar-refractivity contribution in [1.82, 2.24) is 52.0 Å². The van der Waals surface area contributed by atoms with Gasteiger partial charge in [0.2, 0.25) is 35.4 Å². The number of rotatable bonds is 17. The maximum Gasteiger partial charge on any atom is 0.329 e. The zero-order valence-electron chi connectivity index (χ0n) is 44.4. The first kappa shape index (κ1) is 59.7. The van der Waals surface area contributed by atoms with Gasteiger partial charge in [-0.25, -0.2) is 4.79 Å². The van der Waals surface area contributed by atoms with Crippen molar-refractivity contribution < 1.29 is 58.7 Å². The Balaban J connectivity index is 1.31. The van der Waals surface area contributed by atoms with Gasteiger partial charge in [-0.2, -0.15) is 4.73 Å². The molecule has 2 aromatic carbocycles. The van der Waals surface area contributed by atoms with E-state index in [-0.39, 0.29) is 66.6 Å². The van der Waals surface area contributed by atoms with Crippen molar-refractivity contribution >= 4 is 58.9 Å². The van der Waals surface area contributed by atoms with Crippen LogP contribution in [0.5, 0.6) is 0 Å². The number of benzene rings is 2. The van der Waals surface area contributed by atoms with Crippen LogP contribution in [0.1, 0.15) is 101 Å². The number of esters is 1. The van der Waals surface area contributed by atoms with E-state index >= 15 is 9.59 Å². The number of ether oxygens (including phenoxy) is 1. The molecule has 2 aliphatic carbocycles. The molecule has 7 amide bonds. The van der Waals surface area contributed by atoms with E-state index in [1.54, 1.807) is 87.5 Å². The van der Waals surface area contributed by atoms with Gasteiger partial charge in [0.25, 0.3) is 5.91 Å². The second kappa shape index (κ2) is 26.4. The normalized spacial score (nSPS) is 29.2. The second-order valence-electron chi connectivity index (χ2n) is 21.1. The third-order valence-corrected chi connectivity index (χ3v) is 15.8. The van der Waals surface area contributed by atoms with E-state index in [0.717, 1.165) is 0 Å². The first-order chi connectivity index (χ1) is 37.6. The number of carbonyl (C=O) groups excluding carboxylic acids is 8. The lowest BCUT2D eigenvalue weighted by Crippen LogP contribution is -2.62. The fourth-order valence-electron chi connectivity index (χ4n) is 10.4. The minimum atomic E-state index is -1.90. The van der Waals surface area contributed by atoms with Gasteiger partial charge in [0.15, 0.2) is 0 Å². The van der Waals surface area contributed by atoms with Crippen LogP contribution in [0.2, 0.25) is 5.15 Å². The van der Waals surface area contributed by atoms with Crippen molar-refractivity contribution in [3.8, 4) is 0 Å². The van der Waals surface area contributed by atoms with Crippen molar-refractivity contribution in [3.05, 3.63) is 117 Å². The minimum absolute atomic E-state index is 0.00930.